The van der Waals surface area contributed by atoms with Crippen LogP contribution in [0.1, 0.15) is 39.0 Å². The summed E-state index contributed by atoms with van der Waals surface area (Å²) in [4.78, 5) is 12.4. The van der Waals surface area contributed by atoms with Crippen LogP contribution < -0.4 is 5.32 Å². The first kappa shape index (κ1) is 22.0. The highest BCUT2D eigenvalue weighted by Crippen LogP contribution is 2.34. The molecule has 0 aliphatic carbocycles. The van der Waals surface area contributed by atoms with Crippen LogP contribution in [0.2, 0.25) is 0 Å². The Balaban J connectivity index is 1.69. The number of carbonyl (C=O) groups is 1. The molecule has 3 aromatic rings. The van der Waals surface area contributed by atoms with Gasteiger partial charge >= 0.3 is 6.18 Å². The van der Waals surface area contributed by atoms with Crippen LogP contribution in [0.3, 0.4) is 0 Å². The minimum Gasteiger partial charge on any atom is -0.387 e. The van der Waals surface area contributed by atoms with E-state index in [9.17, 15) is 23.1 Å². The lowest BCUT2D eigenvalue weighted by Gasteiger charge is -2.18. The first-order valence-corrected chi connectivity index (χ1v) is 9.83. The second kappa shape index (κ2) is 8.61. The van der Waals surface area contributed by atoms with Gasteiger partial charge in [-0.25, -0.2) is 4.68 Å². The molecule has 1 unspecified atom stereocenters. The van der Waals surface area contributed by atoms with Crippen molar-refractivity contribution in [2.45, 2.75) is 26.1 Å². The summed E-state index contributed by atoms with van der Waals surface area (Å²) in [7, 11) is 0. The first-order chi connectivity index (χ1) is 14.1. The number of benzene rings is 2. The van der Waals surface area contributed by atoms with Crippen LogP contribution in [0.25, 0.3) is 5.69 Å². The number of hydrogen-bond donors (Lipinski definition) is 2. The second-order valence-electron chi connectivity index (χ2n) is 6.75. The average molecular weight is 482 g/mol. The lowest BCUT2D eigenvalue weighted by atomic mass is 10.0. The van der Waals surface area contributed by atoms with Gasteiger partial charge in [-0.3, -0.25) is 4.79 Å². The van der Waals surface area contributed by atoms with Crippen molar-refractivity contribution in [2.75, 3.05) is 6.54 Å². The molecular formula is C21H19BrF3N3O2. The normalized spacial score (nSPS) is 12.6. The van der Waals surface area contributed by atoms with Crippen molar-refractivity contribution in [3.05, 3.63) is 81.1 Å². The number of halogens is 4. The molecule has 1 amide bonds. The minimum atomic E-state index is -4.59. The first-order valence-electron chi connectivity index (χ1n) is 9.04. The van der Waals surface area contributed by atoms with Crippen LogP contribution in [0.4, 0.5) is 13.2 Å². The maximum Gasteiger partial charge on any atom is 0.416 e. The summed E-state index contributed by atoms with van der Waals surface area (Å²) >= 11 is 3.46. The monoisotopic (exact) mass is 481 g/mol. The summed E-state index contributed by atoms with van der Waals surface area (Å²) in [5.74, 6) is -0.500. The predicted octanol–water partition coefficient (Wildman–Crippen LogP) is 4.73. The van der Waals surface area contributed by atoms with Crippen LogP contribution in [0.5, 0.6) is 0 Å². The lowest BCUT2D eigenvalue weighted by molar-refractivity contribution is -0.139. The summed E-state index contributed by atoms with van der Waals surface area (Å²) in [5.41, 5.74) is 1.62. The number of alkyl halides is 3. The third-order valence-electron chi connectivity index (χ3n) is 4.66. The van der Waals surface area contributed by atoms with E-state index in [1.807, 2.05) is 13.8 Å². The molecule has 5 nitrogen and oxygen atoms in total. The Hall–Kier alpha value is -2.65. The highest BCUT2D eigenvalue weighted by molar-refractivity contribution is 9.10. The van der Waals surface area contributed by atoms with Crippen LogP contribution in [0, 0.1) is 13.8 Å². The number of nitrogens with one attached hydrogen (secondary N) is 1. The van der Waals surface area contributed by atoms with Gasteiger partial charge in [0.25, 0.3) is 5.91 Å². The van der Waals surface area contributed by atoms with E-state index in [0.717, 1.165) is 27.6 Å². The molecule has 0 fully saturated rings. The number of aryl methyl sites for hydroxylation is 1. The van der Waals surface area contributed by atoms with E-state index in [2.05, 4.69) is 26.3 Å². The number of aliphatic hydroxyl groups excluding tert-OH is 1. The molecule has 0 aliphatic rings. The van der Waals surface area contributed by atoms with Gasteiger partial charge in [0.05, 0.1) is 33.2 Å². The Kier molecular flexibility index (Phi) is 6.33. The Morgan fingerprint density at radius 2 is 1.80 bits per heavy atom. The van der Waals surface area contributed by atoms with Crippen molar-refractivity contribution in [3.8, 4) is 5.69 Å². The highest BCUT2D eigenvalue weighted by Gasteiger charge is 2.34. The Morgan fingerprint density at radius 1 is 1.17 bits per heavy atom. The third kappa shape index (κ3) is 4.57. The van der Waals surface area contributed by atoms with Gasteiger partial charge in [0.1, 0.15) is 0 Å². The molecule has 0 spiro atoms. The van der Waals surface area contributed by atoms with Crippen LogP contribution >= 0.6 is 15.9 Å². The van der Waals surface area contributed by atoms with Crippen molar-refractivity contribution in [3.63, 3.8) is 0 Å². The molecule has 1 atom stereocenters. The van der Waals surface area contributed by atoms with Gasteiger partial charge in [-0.1, -0.05) is 18.2 Å². The molecule has 1 heterocycles. The zero-order valence-electron chi connectivity index (χ0n) is 16.2. The molecule has 0 bridgehead atoms. The third-order valence-corrected chi connectivity index (χ3v) is 5.81. The molecule has 30 heavy (non-hydrogen) atoms. The SMILES string of the molecule is Cc1nn(-c2ccc(C(=O)NCC(O)c3ccccc3C(F)(F)F)cc2)c(C)c1Br. The number of aliphatic hydroxyl groups is 1. The summed E-state index contributed by atoms with van der Waals surface area (Å²) in [6.45, 7) is 3.43. The molecular weight excluding hydrogens is 463 g/mol. The van der Waals surface area contributed by atoms with Gasteiger partial charge in [0, 0.05) is 12.1 Å². The molecule has 0 saturated heterocycles. The summed E-state index contributed by atoms with van der Waals surface area (Å²) in [6, 6.07) is 11.4. The van der Waals surface area contributed by atoms with Crippen molar-refractivity contribution < 1.29 is 23.1 Å². The van der Waals surface area contributed by atoms with Crippen molar-refractivity contribution in [2.24, 2.45) is 0 Å². The maximum absolute atomic E-state index is 13.1. The molecule has 0 aliphatic heterocycles. The van der Waals surface area contributed by atoms with Crippen molar-refractivity contribution in [1.82, 2.24) is 15.1 Å². The minimum absolute atomic E-state index is 0.282. The summed E-state index contributed by atoms with van der Waals surface area (Å²) < 4.78 is 41.9. The van der Waals surface area contributed by atoms with Crippen LogP contribution in [0.15, 0.2) is 53.0 Å². The standard InChI is InChI=1S/C21H19BrF3N3O2/c1-12-19(22)13(2)28(27-12)15-9-7-14(8-10-15)20(30)26-11-18(29)16-5-3-4-6-17(16)21(23,24)25/h3-10,18,29H,11H2,1-2H3,(H,26,30). The quantitative estimate of drug-likeness (QED) is 0.553. The molecule has 0 saturated carbocycles. The topological polar surface area (TPSA) is 67.2 Å². The van der Waals surface area contributed by atoms with Gasteiger partial charge in [0.2, 0.25) is 0 Å². The van der Waals surface area contributed by atoms with E-state index in [-0.39, 0.29) is 12.1 Å². The lowest BCUT2D eigenvalue weighted by Crippen LogP contribution is -2.29. The van der Waals surface area contributed by atoms with E-state index in [1.54, 1.807) is 28.9 Å². The van der Waals surface area contributed by atoms with E-state index >= 15 is 0 Å². The second-order valence-corrected chi connectivity index (χ2v) is 7.55. The maximum atomic E-state index is 13.1. The number of hydrogen-bond acceptors (Lipinski definition) is 3. The summed E-state index contributed by atoms with van der Waals surface area (Å²) in [5, 5.41) is 17.1. The van der Waals surface area contributed by atoms with E-state index in [0.29, 0.717) is 5.56 Å². The van der Waals surface area contributed by atoms with Crippen LogP contribution in [-0.2, 0) is 6.18 Å². The van der Waals surface area contributed by atoms with E-state index in [4.69, 9.17) is 0 Å². The zero-order valence-corrected chi connectivity index (χ0v) is 17.8. The molecule has 158 valence electrons. The van der Waals surface area contributed by atoms with Gasteiger partial charge in [-0.2, -0.15) is 18.3 Å². The Labute approximate surface area is 179 Å². The molecule has 2 aromatic carbocycles. The van der Waals surface area contributed by atoms with Gasteiger partial charge in [0.15, 0.2) is 0 Å². The molecule has 0 radical (unpaired) electrons. The Bertz CT molecular complexity index is 1060. The summed E-state index contributed by atoms with van der Waals surface area (Å²) in [6.07, 6.45) is -6.08. The average Bonchev–Trinajstić information content (AvgIpc) is 2.98. The predicted molar refractivity (Wildman–Crippen MR) is 109 cm³/mol. The number of aromatic nitrogens is 2. The fourth-order valence-corrected chi connectivity index (χ4v) is 3.32. The van der Waals surface area contributed by atoms with Crippen molar-refractivity contribution in [1.29, 1.82) is 0 Å². The largest absolute Gasteiger partial charge is 0.416 e. The van der Waals surface area contributed by atoms with Gasteiger partial charge in [-0.05, 0) is 65.7 Å². The fraction of sp³-hybridized carbons (Fsp3) is 0.238. The Morgan fingerprint density at radius 3 is 2.37 bits per heavy atom. The molecule has 3 rings (SSSR count). The smallest absolute Gasteiger partial charge is 0.387 e. The number of nitrogens with zero attached hydrogens (tertiary/aromatic N) is 2. The number of amides is 1. The van der Waals surface area contributed by atoms with E-state index < -0.39 is 23.8 Å². The van der Waals surface area contributed by atoms with Gasteiger partial charge < -0.3 is 10.4 Å². The van der Waals surface area contributed by atoms with E-state index in [1.165, 1.54) is 18.2 Å². The van der Waals surface area contributed by atoms with Gasteiger partial charge in [-0.15, -0.1) is 0 Å². The fourth-order valence-electron chi connectivity index (χ4n) is 3.08. The van der Waals surface area contributed by atoms with Crippen LogP contribution in [-0.4, -0.2) is 27.3 Å². The number of rotatable bonds is 5. The zero-order chi connectivity index (χ0) is 22.1. The highest BCUT2D eigenvalue weighted by atomic mass is 79.9. The molecule has 9 heteroatoms. The number of carbonyl (C=O) groups excluding carboxylic acids is 1. The molecule has 2 N–H and O–H groups in total. The van der Waals surface area contributed by atoms with Crippen molar-refractivity contribution >= 4 is 21.8 Å². The molecule has 1 aromatic heterocycles.